The van der Waals surface area contributed by atoms with Crippen molar-refractivity contribution in [1.29, 1.82) is 0 Å². The van der Waals surface area contributed by atoms with Crippen LogP contribution in [0.5, 0.6) is 0 Å². The molecule has 0 aliphatic heterocycles. The van der Waals surface area contributed by atoms with Crippen molar-refractivity contribution in [1.82, 2.24) is 5.32 Å². The van der Waals surface area contributed by atoms with Gasteiger partial charge in [-0.15, -0.1) is 0 Å². The molecule has 0 heterocycles. The number of carbonyl (C=O) groups excluding carboxylic acids is 1. The summed E-state index contributed by atoms with van der Waals surface area (Å²) < 4.78 is 0. The Balaban J connectivity index is 2.25. The number of hydrogen-bond acceptors (Lipinski definition) is 2. The zero-order valence-electron chi connectivity index (χ0n) is 12.3. The van der Waals surface area contributed by atoms with E-state index in [1.165, 1.54) is 11.1 Å². The SMILES string of the molecule is CC(C)(C)c1ccc(CNCCCCC(N)=O)cc1. The van der Waals surface area contributed by atoms with Gasteiger partial charge in [0, 0.05) is 13.0 Å². The number of nitrogens with two attached hydrogens (primary N) is 1. The molecule has 1 aromatic rings. The highest BCUT2D eigenvalue weighted by Gasteiger charge is 2.12. The summed E-state index contributed by atoms with van der Waals surface area (Å²) in [4.78, 5) is 10.6. The first-order valence-corrected chi connectivity index (χ1v) is 6.98. The van der Waals surface area contributed by atoms with Gasteiger partial charge < -0.3 is 11.1 Å². The summed E-state index contributed by atoms with van der Waals surface area (Å²) in [6.45, 7) is 8.46. The van der Waals surface area contributed by atoms with Gasteiger partial charge in [-0.05, 0) is 35.9 Å². The highest BCUT2D eigenvalue weighted by atomic mass is 16.1. The van der Waals surface area contributed by atoms with Crippen LogP contribution in [0.25, 0.3) is 0 Å². The number of benzene rings is 1. The number of amides is 1. The highest BCUT2D eigenvalue weighted by Crippen LogP contribution is 2.22. The average molecular weight is 262 g/mol. The Hall–Kier alpha value is -1.35. The summed E-state index contributed by atoms with van der Waals surface area (Å²) in [7, 11) is 0. The zero-order chi connectivity index (χ0) is 14.3. The van der Waals surface area contributed by atoms with Crippen molar-refractivity contribution < 1.29 is 4.79 Å². The largest absolute Gasteiger partial charge is 0.370 e. The molecule has 0 radical (unpaired) electrons. The summed E-state index contributed by atoms with van der Waals surface area (Å²) in [5.41, 5.74) is 7.95. The molecule has 3 N–H and O–H groups in total. The van der Waals surface area contributed by atoms with Crippen LogP contribution in [0.2, 0.25) is 0 Å². The number of hydrogen-bond donors (Lipinski definition) is 2. The fourth-order valence-electron chi connectivity index (χ4n) is 1.90. The average Bonchev–Trinajstić information content (AvgIpc) is 2.32. The second-order valence-electron chi connectivity index (χ2n) is 6.05. The van der Waals surface area contributed by atoms with Gasteiger partial charge in [-0.25, -0.2) is 0 Å². The van der Waals surface area contributed by atoms with Crippen molar-refractivity contribution in [3.05, 3.63) is 35.4 Å². The van der Waals surface area contributed by atoms with E-state index in [9.17, 15) is 4.79 Å². The molecule has 0 bridgehead atoms. The molecule has 1 amide bonds. The lowest BCUT2D eigenvalue weighted by molar-refractivity contribution is -0.118. The van der Waals surface area contributed by atoms with Crippen LogP contribution < -0.4 is 11.1 Å². The maximum Gasteiger partial charge on any atom is 0.217 e. The standard InChI is InChI=1S/C16H26N2O/c1-16(2,3)14-9-7-13(8-10-14)12-18-11-5-4-6-15(17)19/h7-10,18H,4-6,11-12H2,1-3H3,(H2,17,19). The van der Waals surface area contributed by atoms with E-state index < -0.39 is 0 Å². The molecule has 19 heavy (non-hydrogen) atoms. The summed E-state index contributed by atoms with van der Waals surface area (Å²) in [5.74, 6) is -0.210. The molecule has 106 valence electrons. The molecular weight excluding hydrogens is 236 g/mol. The van der Waals surface area contributed by atoms with Crippen molar-refractivity contribution in [2.75, 3.05) is 6.54 Å². The zero-order valence-corrected chi connectivity index (χ0v) is 12.3. The highest BCUT2D eigenvalue weighted by molar-refractivity contribution is 5.73. The van der Waals surface area contributed by atoms with Crippen LogP contribution >= 0.6 is 0 Å². The topological polar surface area (TPSA) is 55.1 Å². The van der Waals surface area contributed by atoms with Gasteiger partial charge in [0.2, 0.25) is 5.91 Å². The molecule has 0 fully saturated rings. The predicted molar refractivity (Wildman–Crippen MR) is 79.9 cm³/mol. The van der Waals surface area contributed by atoms with E-state index in [-0.39, 0.29) is 11.3 Å². The van der Waals surface area contributed by atoms with E-state index in [0.717, 1.165) is 25.9 Å². The normalized spacial score (nSPS) is 11.5. The maximum atomic E-state index is 10.6. The second kappa shape index (κ2) is 7.29. The van der Waals surface area contributed by atoms with E-state index in [4.69, 9.17) is 5.73 Å². The summed E-state index contributed by atoms with van der Waals surface area (Å²) in [5, 5.41) is 3.38. The third kappa shape index (κ3) is 6.39. The summed E-state index contributed by atoms with van der Waals surface area (Å²) in [6.07, 6.45) is 2.34. The quantitative estimate of drug-likeness (QED) is 0.742. The van der Waals surface area contributed by atoms with Crippen LogP contribution in [0.15, 0.2) is 24.3 Å². The molecule has 0 saturated heterocycles. The Morgan fingerprint density at radius 2 is 1.79 bits per heavy atom. The first-order chi connectivity index (χ1) is 8.89. The predicted octanol–water partition coefficient (Wildman–Crippen LogP) is 2.73. The molecule has 0 unspecified atom stereocenters. The molecule has 0 spiro atoms. The fraction of sp³-hybridized carbons (Fsp3) is 0.562. The third-order valence-corrected chi connectivity index (χ3v) is 3.18. The smallest absolute Gasteiger partial charge is 0.217 e. The number of unbranched alkanes of at least 4 members (excludes halogenated alkanes) is 1. The summed E-state index contributed by atoms with van der Waals surface area (Å²) in [6, 6.07) is 8.75. The number of rotatable bonds is 7. The lowest BCUT2D eigenvalue weighted by Gasteiger charge is -2.19. The van der Waals surface area contributed by atoms with Gasteiger partial charge in [-0.2, -0.15) is 0 Å². The first-order valence-electron chi connectivity index (χ1n) is 6.98. The van der Waals surface area contributed by atoms with E-state index in [1.54, 1.807) is 0 Å². The fourth-order valence-corrected chi connectivity index (χ4v) is 1.90. The minimum Gasteiger partial charge on any atom is -0.370 e. The van der Waals surface area contributed by atoms with Crippen molar-refractivity contribution >= 4 is 5.91 Å². The molecule has 0 aliphatic rings. The Kier molecular flexibility index (Phi) is 6.03. The monoisotopic (exact) mass is 262 g/mol. The Bertz CT molecular complexity index is 390. The van der Waals surface area contributed by atoms with Gasteiger partial charge in [0.25, 0.3) is 0 Å². The molecule has 3 heteroatoms. The molecule has 3 nitrogen and oxygen atoms in total. The minimum absolute atomic E-state index is 0.209. The molecule has 0 aliphatic carbocycles. The number of nitrogens with one attached hydrogen (secondary N) is 1. The van der Waals surface area contributed by atoms with Gasteiger partial charge >= 0.3 is 0 Å². The van der Waals surface area contributed by atoms with Crippen molar-refractivity contribution in [3.63, 3.8) is 0 Å². The molecule has 0 saturated carbocycles. The van der Waals surface area contributed by atoms with E-state index >= 15 is 0 Å². The molecule has 0 atom stereocenters. The summed E-state index contributed by atoms with van der Waals surface area (Å²) >= 11 is 0. The van der Waals surface area contributed by atoms with E-state index in [1.807, 2.05) is 0 Å². The Morgan fingerprint density at radius 1 is 1.16 bits per heavy atom. The minimum atomic E-state index is -0.210. The molecule has 0 aromatic heterocycles. The van der Waals surface area contributed by atoms with Crippen LogP contribution in [0, 0.1) is 0 Å². The second-order valence-corrected chi connectivity index (χ2v) is 6.05. The maximum absolute atomic E-state index is 10.6. The van der Waals surface area contributed by atoms with E-state index in [2.05, 4.69) is 50.4 Å². The van der Waals surface area contributed by atoms with Crippen molar-refractivity contribution in [2.45, 2.75) is 52.0 Å². The van der Waals surface area contributed by atoms with Crippen LogP contribution in [-0.2, 0) is 16.8 Å². The lowest BCUT2D eigenvalue weighted by atomic mass is 9.87. The molecular formula is C16H26N2O. The van der Waals surface area contributed by atoms with Crippen molar-refractivity contribution in [2.24, 2.45) is 5.73 Å². The third-order valence-electron chi connectivity index (χ3n) is 3.18. The van der Waals surface area contributed by atoms with Crippen LogP contribution in [-0.4, -0.2) is 12.5 Å². The Labute approximate surface area is 116 Å². The molecule has 1 aromatic carbocycles. The van der Waals surface area contributed by atoms with Crippen molar-refractivity contribution in [3.8, 4) is 0 Å². The number of carbonyl (C=O) groups is 1. The van der Waals surface area contributed by atoms with E-state index in [0.29, 0.717) is 6.42 Å². The van der Waals surface area contributed by atoms with Crippen LogP contribution in [0.4, 0.5) is 0 Å². The Morgan fingerprint density at radius 3 is 2.32 bits per heavy atom. The van der Waals surface area contributed by atoms with Crippen LogP contribution in [0.3, 0.4) is 0 Å². The van der Waals surface area contributed by atoms with Gasteiger partial charge in [0.05, 0.1) is 0 Å². The number of primary amides is 1. The first kappa shape index (κ1) is 15.7. The molecule has 1 rings (SSSR count). The van der Waals surface area contributed by atoms with Crippen LogP contribution in [0.1, 0.15) is 51.2 Å². The lowest BCUT2D eigenvalue weighted by Crippen LogP contribution is -2.16. The van der Waals surface area contributed by atoms with Gasteiger partial charge in [-0.3, -0.25) is 4.79 Å². The van der Waals surface area contributed by atoms with Gasteiger partial charge in [-0.1, -0.05) is 45.0 Å². The van der Waals surface area contributed by atoms with Gasteiger partial charge in [0.15, 0.2) is 0 Å². The van der Waals surface area contributed by atoms with Gasteiger partial charge in [0.1, 0.15) is 0 Å².